The molecular weight excluding hydrogens is 376 g/mol. The van der Waals surface area contributed by atoms with Crippen molar-refractivity contribution in [1.82, 2.24) is 10.2 Å². The number of aliphatic hydroxyl groups is 1. The smallest absolute Gasteiger partial charge is 0.217 e. The Balaban J connectivity index is 0.000000163. The lowest BCUT2D eigenvalue weighted by Gasteiger charge is -2.43. The standard InChI is InChI=1S/C9H17NO2.C9H17N.C7H14O/c1-7(2)4-9(5-12-6-9)10-8(3)11;1-7(2)8-5-10(6-8)9-3-4-9;1-6(2)5-7(8)3-4-7/h7H,4-6H2,1-3H3,(H,10,11);7-9H,3-6H2,1-2H3;6,8H,3-5H2,1-2H3. The van der Waals surface area contributed by atoms with Gasteiger partial charge in [-0.2, -0.15) is 0 Å². The predicted octanol–water partition coefficient (Wildman–Crippen LogP) is 4.23. The van der Waals surface area contributed by atoms with Crippen molar-refractivity contribution in [2.75, 3.05) is 26.3 Å². The van der Waals surface area contributed by atoms with E-state index in [9.17, 15) is 9.90 Å². The Morgan fingerprint density at radius 3 is 1.83 bits per heavy atom. The van der Waals surface area contributed by atoms with E-state index in [-0.39, 0.29) is 17.0 Å². The third kappa shape index (κ3) is 8.84. The number of hydrogen-bond donors (Lipinski definition) is 2. The van der Waals surface area contributed by atoms with Crippen molar-refractivity contribution in [3.8, 4) is 0 Å². The first-order chi connectivity index (χ1) is 13.9. The largest absolute Gasteiger partial charge is 0.390 e. The van der Waals surface area contributed by atoms with E-state index in [1.807, 2.05) is 0 Å². The van der Waals surface area contributed by atoms with Crippen LogP contribution < -0.4 is 5.32 Å². The lowest BCUT2D eigenvalue weighted by molar-refractivity contribution is -0.132. The number of nitrogens with zero attached hydrogens (tertiary/aromatic N) is 1. The van der Waals surface area contributed by atoms with E-state index < -0.39 is 0 Å². The normalized spacial score (nSPS) is 24.2. The fraction of sp³-hybridized carbons (Fsp3) is 0.960. The van der Waals surface area contributed by atoms with Gasteiger partial charge in [0.1, 0.15) is 0 Å². The molecule has 5 heteroatoms. The molecule has 5 nitrogen and oxygen atoms in total. The number of rotatable bonds is 7. The molecule has 0 aromatic carbocycles. The number of likely N-dealkylation sites (tertiary alicyclic amines) is 1. The van der Waals surface area contributed by atoms with Gasteiger partial charge in [-0.15, -0.1) is 0 Å². The van der Waals surface area contributed by atoms with Crippen LogP contribution in [0, 0.1) is 23.7 Å². The molecule has 4 rings (SSSR count). The van der Waals surface area contributed by atoms with E-state index in [0.29, 0.717) is 25.0 Å². The summed E-state index contributed by atoms with van der Waals surface area (Å²) in [5.74, 6) is 3.22. The summed E-state index contributed by atoms with van der Waals surface area (Å²) < 4.78 is 5.13. The molecule has 2 aliphatic carbocycles. The number of hydrogen-bond acceptors (Lipinski definition) is 4. The highest BCUT2D eigenvalue weighted by Gasteiger charge is 2.41. The van der Waals surface area contributed by atoms with Crippen molar-refractivity contribution in [2.24, 2.45) is 23.7 Å². The zero-order valence-electron chi connectivity index (χ0n) is 20.7. The third-order valence-corrected chi connectivity index (χ3v) is 6.56. The van der Waals surface area contributed by atoms with Crippen LogP contribution in [-0.4, -0.2) is 59.4 Å². The molecule has 0 spiro atoms. The predicted molar refractivity (Wildman–Crippen MR) is 123 cm³/mol. The van der Waals surface area contributed by atoms with Crippen LogP contribution in [0.15, 0.2) is 0 Å². The highest BCUT2D eigenvalue weighted by atomic mass is 16.5. The summed E-state index contributed by atoms with van der Waals surface area (Å²) >= 11 is 0. The van der Waals surface area contributed by atoms with Gasteiger partial charge in [0.05, 0.1) is 24.4 Å². The van der Waals surface area contributed by atoms with Gasteiger partial charge in [-0.3, -0.25) is 9.69 Å². The maximum atomic E-state index is 10.9. The fourth-order valence-electron chi connectivity index (χ4n) is 4.56. The lowest BCUT2D eigenvalue weighted by atomic mass is 9.87. The number of carbonyl (C=O) groups is 1. The molecule has 1 amide bonds. The second-order valence-corrected chi connectivity index (χ2v) is 11.6. The molecule has 0 radical (unpaired) electrons. The molecule has 0 aromatic heterocycles. The van der Waals surface area contributed by atoms with Gasteiger partial charge in [0.15, 0.2) is 0 Å². The molecule has 0 unspecified atom stereocenters. The monoisotopic (exact) mass is 424 g/mol. The van der Waals surface area contributed by atoms with Crippen LogP contribution in [-0.2, 0) is 9.53 Å². The van der Waals surface area contributed by atoms with Crippen LogP contribution >= 0.6 is 0 Å². The van der Waals surface area contributed by atoms with E-state index >= 15 is 0 Å². The summed E-state index contributed by atoms with van der Waals surface area (Å²) in [4.78, 5) is 13.5. The SMILES string of the molecule is CC(=O)NC1(CC(C)C)COC1.CC(C)C1CN(C2CC2)C1.CC(C)CC1(O)CC1. The van der Waals surface area contributed by atoms with Crippen molar-refractivity contribution in [3.05, 3.63) is 0 Å². The number of carbonyl (C=O) groups excluding carboxylic acids is 1. The van der Waals surface area contributed by atoms with Gasteiger partial charge < -0.3 is 15.2 Å². The summed E-state index contributed by atoms with van der Waals surface area (Å²) in [5, 5.41) is 12.3. The first-order valence-electron chi connectivity index (χ1n) is 12.3. The Hall–Kier alpha value is -0.650. The average molecular weight is 425 g/mol. The van der Waals surface area contributed by atoms with Crippen LogP contribution in [0.5, 0.6) is 0 Å². The van der Waals surface area contributed by atoms with Gasteiger partial charge in [0.2, 0.25) is 5.91 Å². The van der Waals surface area contributed by atoms with Crippen molar-refractivity contribution in [1.29, 1.82) is 0 Å². The highest BCUT2D eigenvalue weighted by molar-refractivity contribution is 5.74. The Labute approximate surface area is 185 Å². The van der Waals surface area contributed by atoms with Crippen LogP contribution in [0.25, 0.3) is 0 Å². The Morgan fingerprint density at radius 1 is 1.03 bits per heavy atom. The molecular formula is C25H48N2O3. The molecule has 4 fully saturated rings. The molecule has 2 saturated carbocycles. The minimum absolute atomic E-state index is 0.0407. The molecule has 0 atom stereocenters. The van der Waals surface area contributed by atoms with Gasteiger partial charge >= 0.3 is 0 Å². The topological polar surface area (TPSA) is 61.8 Å². The maximum Gasteiger partial charge on any atom is 0.217 e. The Morgan fingerprint density at radius 2 is 1.57 bits per heavy atom. The summed E-state index contributed by atoms with van der Waals surface area (Å²) in [6.07, 6.45) is 7.02. The van der Waals surface area contributed by atoms with E-state index in [1.54, 1.807) is 6.92 Å². The third-order valence-electron chi connectivity index (χ3n) is 6.56. The van der Waals surface area contributed by atoms with Crippen LogP contribution in [0.1, 0.15) is 87.0 Å². The number of amides is 1. The molecule has 30 heavy (non-hydrogen) atoms. The van der Waals surface area contributed by atoms with Gasteiger partial charge in [-0.25, -0.2) is 0 Å². The molecule has 2 heterocycles. The minimum Gasteiger partial charge on any atom is -0.390 e. The maximum absolute atomic E-state index is 10.9. The zero-order chi connectivity index (χ0) is 22.5. The van der Waals surface area contributed by atoms with Crippen LogP contribution in [0.4, 0.5) is 0 Å². The van der Waals surface area contributed by atoms with Gasteiger partial charge in [-0.1, -0.05) is 41.5 Å². The molecule has 2 N–H and O–H groups in total. The highest BCUT2D eigenvalue weighted by Crippen LogP contribution is 2.40. The summed E-state index contributed by atoms with van der Waals surface area (Å²) in [6.45, 7) is 19.0. The van der Waals surface area contributed by atoms with Crippen molar-refractivity contribution >= 4 is 5.91 Å². The van der Waals surface area contributed by atoms with Crippen molar-refractivity contribution < 1.29 is 14.6 Å². The number of ether oxygens (including phenoxy) is 1. The van der Waals surface area contributed by atoms with Crippen molar-refractivity contribution in [2.45, 2.75) is 104 Å². The van der Waals surface area contributed by atoms with Gasteiger partial charge in [0.25, 0.3) is 0 Å². The lowest BCUT2D eigenvalue weighted by Crippen LogP contribution is -2.62. The Bertz CT molecular complexity index is 523. The molecule has 4 aliphatic rings. The molecule has 0 aromatic rings. The second kappa shape index (κ2) is 10.8. The molecule has 2 saturated heterocycles. The second-order valence-electron chi connectivity index (χ2n) is 11.6. The van der Waals surface area contributed by atoms with Gasteiger partial charge in [0, 0.05) is 26.1 Å². The summed E-state index contributed by atoms with van der Waals surface area (Å²) in [5.41, 5.74) is -0.284. The average Bonchev–Trinajstić information content (AvgIpc) is 3.42. The van der Waals surface area contributed by atoms with E-state index in [1.165, 1.54) is 25.9 Å². The van der Waals surface area contributed by atoms with E-state index in [4.69, 9.17) is 4.74 Å². The zero-order valence-corrected chi connectivity index (χ0v) is 20.7. The van der Waals surface area contributed by atoms with E-state index in [0.717, 1.165) is 43.6 Å². The molecule has 176 valence electrons. The first kappa shape index (κ1) is 25.6. The summed E-state index contributed by atoms with van der Waals surface area (Å²) in [7, 11) is 0. The minimum atomic E-state index is -0.228. The van der Waals surface area contributed by atoms with Gasteiger partial charge in [-0.05, 0) is 62.2 Å². The quantitative estimate of drug-likeness (QED) is 0.642. The Kier molecular flexibility index (Phi) is 9.20. The summed E-state index contributed by atoms with van der Waals surface area (Å²) in [6, 6.07) is 1.01. The van der Waals surface area contributed by atoms with E-state index in [2.05, 4.69) is 51.8 Å². The number of nitrogens with one attached hydrogen (secondary N) is 1. The van der Waals surface area contributed by atoms with Crippen molar-refractivity contribution in [3.63, 3.8) is 0 Å². The fourth-order valence-corrected chi connectivity index (χ4v) is 4.56. The van der Waals surface area contributed by atoms with Crippen LogP contribution in [0.2, 0.25) is 0 Å². The molecule has 0 bridgehead atoms. The molecule has 2 aliphatic heterocycles. The first-order valence-corrected chi connectivity index (χ1v) is 12.3. The van der Waals surface area contributed by atoms with Crippen LogP contribution in [0.3, 0.4) is 0 Å².